The Bertz CT molecular complexity index is 581. The molecule has 0 radical (unpaired) electrons. The lowest BCUT2D eigenvalue weighted by Crippen LogP contribution is -2.04. The van der Waals surface area contributed by atoms with E-state index in [9.17, 15) is 4.79 Å². The number of benzene rings is 2. The first kappa shape index (κ1) is 13.6. The van der Waals surface area contributed by atoms with Crippen molar-refractivity contribution in [2.75, 3.05) is 13.9 Å². The van der Waals surface area contributed by atoms with Crippen LogP contribution in [-0.2, 0) is 4.74 Å². The molecule has 0 aliphatic heterocycles. The molecule has 0 spiro atoms. The minimum Gasteiger partial charge on any atom is -0.468 e. The van der Waals surface area contributed by atoms with Crippen molar-refractivity contribution in [2.24, 2.45) is 0 Å². The standard InChI is InChI=1S/C15H13ClO3/c1-18-10-19-12-6-4-5-11(9-12)15(17)13-7-2-3-8-14(13)16/h2-9H,10H2,1H3. The Kier molecular flexibility index (Phi) is 4.55. The van der Waals surface area contributed by atoms with Crippen LogP contribution < -0.4 is 4.74 Å². The van der Waals surface area contributed by atoms with Gasteiger partial charge in [-0.1, -0.05) is 35.9 Å². The Hall–Kier alpha value is -1.84. The molecule has 0 amide bonds. The molecule has 0 aliphatic rings. The molecule has 4 heteroatoms. The van der Waals surface area contributed by atoms with Crippen LogP contribution in [-0.4, -0.2) is 19.7 Å². The van der Waals surface area contributed by atoms with Crippen LogP contribution in [0.3, 0.4) is 0 Å². The van der Waals surface area contributed by atoms with E-state index in [1.807, 2.05) is 0 Å². The maximum absolute atomic E-state index is 12.3. The van der Waals surface area contributed by atoms with Crippen LogP contribution in [0.2, 0.25) is 5.02 Å². The summed E-state index contributed by atoms with van der Waals surface area (Å²) in [6, 6.07) is 13.9. The van der Waals surface area contributed by atoms with E-state index in [-0.39, 0.29) is 12.6 Å². The lowest BCUT2D eigenvalue weighted by atomic mass is 10.0. The van der Waals surface area contributed by atoms with Gasteiger partial charge in [-0.15, -0.1) is 0 Å². The van der Waals surface area contributed by atoms with E-state index in [1.54, 1.807) is 55.6 Å². The van der Waals surface area contributed by atoms with Crippen LogP contribution in [0.4, 0.5) is 0 Å². The maximum atomic E-state index is 12.3. The number of carbonyl (C=O) groups is 1. The fourth-order valence-electron chi connectivity index (χ4n) is 1.65. The third kappa shape index (κ3) is 3.34. The van der Waals surface area contributed by atoms with Crippen LogP contribution in [0.1, 0.15) is 15.9 Å². The first-order chi connectivity index (χ1) is 9.22. The summed E-state index contributed by atoms with van der Waals surface area (Å²) in [5, 5.41) is 0.440. The van der Waals surface area contributed by atoms with Crippen LogP contribution in [0, 0.1) is 0 Å². The van der Waals surface area contributed by atoms with Gasteiger partial charge in [-0.05, 0) is 24.3 Å². The third-order valence-corrected chi connectivity index (χ3v) is 2.89. The highest BCUT2D eigenvalue weighted by Crippen LogP contribution is 2.21. The van der Waals surface area contributed by atoms with Gasteiger partial charge in [-0.2, -0.15) is 0 Å². The van der Waals surface area contributed by atoms with E-state index in [4.69, 9.17) is 21.1 Å². The van der Waals surface area contributed by atoms with Crippen molar-refractivity contribution < 1.29 is 14.3 Å². The number of ether oxygens (including phenoxy) is 2. The molecule has 0 aromatic heterocycles. The zero-order valence-electron chi connectivity index (χ0n) is 10.4. The summed E-state index contributed by atoms with van der Waals surface area (Å²) in [4.78, 5) is 12.3. The summed E-state index contributed by atoms with van der Waals surface area (Å²) in [6.07, 6.45) is 0. The number of methoxy groups -OCH3 is 1. The average Bonchev–Trinajstić information content (AvgIpc) is 2.45. The van der Waals surface area contributed by atoms with E-state index < -0.39 is 0 Å². The topological polar surface area (TPSA) is 35.5 Å². The predicted molar refractivity (Wildman–Crippen MR) is 73.8 cm³/mol. The lowest BCUT2D eigenvalue weighted by Gasteiger charge is -2.07. The van der Waals surface area contributed by atoms with Gasteiger partial charge in [0.2, 0.25) is 0 Å². The first-order valence-corrected chi connectivity index (χ1v) is 6.11. The summed E-state index contributed by atoms with van der Waals surface area (Å²) in [5.74, 6) is 0.452. The number of hydrogen-bond donors (Lipinski definition) is 0. The molecule has 0 saturated heterocycles. The Morgan fingerprint density at radius 1 is 1.16 bits per heavy atom. The van der Waals surface area contributed by atoms with E-state index in [1.165, 1.54) is 0 Å². The summed E-state index contributed by atoms with van der Waals surface area (Å²) in [5.41, 5.74) is 1.01. The Morgan fingerprint density at radius 3 is 2.68 bits per heavy atom. The zero-order valence-corrected chi connectivity index (χ0v) is 11.2. The molecule has 98 valence electrons. The minimum absolute atomic E-state index is 0.131. The van der Waals surface area contributed by atoms with Crippen LogP contribution in [0.5, 0.6) is 5.75 Å². The van der Waals surface area contributed by atoms with Crippen molar-refractivity contribution in [3.63, 3.8) is 0 Å². The fourth-order valence-corrected chi connectivity index (χ4v) is 1.88. The smallest absolute Gasteiger partial charge is 0.194 e. The second kappa shape index (κ2) is 6.36. The molecular weight excluding hydrogens is 264 g/mol. The number of ketones is 1. The molecule has 2 rings (SSSR count). The molecule has 0 saturated carbocycles. The van der Waals surface area contributed by atoms with Crippen molar-refractivity contribution in [2.45, 2.75) is 0 Å². The molecule has 3 nitrogen and oxygen atoms in total. The number of halogens is 1. The molecule has 0 fully saturated rings. The highest BCUT2D eigenvalue weighted by Gasteiger charge is 2.12. The predicted octanol–water partition coefficient (Wildman–Crippen LogP) is 3.55. The quantitative estimate of drug-likeness (QED) is 0.619. The molecule has 0 aliphatic carbocycles. The van der Waals surface area contributed by atoms with Gasteiger partial charge in [-0.3, -0.25) is 4.79 Å². The van der Waals surface area contributed by atoms with Crippen molar-refractivity contribution in [1.82, 2.24) is 0 Å². The third-order valence-electron chi connectivity index (χ3n) is 2.56. The van der Waals surface area contributed by atoms with Gasteiger partial charge >= 0.3 is 0 Å². The fraction of sp³-hybridized carbons (Fsp3) is 0.133. The van der Waals surface area contributed by atoms with Gasteiger partial charge in [0.1, 0.15) is 5.75 Å². The van der Waals surface area contributed by atoms with E-state index >= 15 is 0 Å². The monoisotopic (exact) mass is 276 g/mol. The molecule has 0 unspecified atom stereocenters. The molecule has 0 bridgehead atoms. The van der Waals surface area contributed by atoms with Gasteiger partial charge in [0, 0.05) is 18.2 Å². The molecule has 2 aromatic carbocycles. The van der Waals surface area contributed by atoms with Crippen LogP contribution in [0.15, 0.2) is 48.5 Å². The van der Waals surface area contributed by atoms with Crippen molar-refractivity contribution in [3.05, 3.63) is 64.7 Å². The second-order valence-corrected chi connectivity index (χ2v) is 4.29. The zero-order chi connectivity index (χ0) is 13.7. The highest BCUT2D eigenvalue weighted by molar-refractivity contribution is 6.34. The van der Waals surface area contributed by atoms with E-state index in [0.717, 1.165) is 0 Å². The molecule has 2 aromatic rings. The van der Waals surface area contributed by atoms with Gasteiger partial charge in [0.05, 0.1) is 5.02 Å². The summed E-state index contributed by atoms with van der Waals surface area (Å²) in [6.45, 7) is 0.143. The number of hydrogen-bond acceptors (Lipinski definition) is 3. The van der Waals surface area contributed by atoms with E-state index in [2.05, 4.69) is 0 Å². The summed E-state index contributed by atoms with van der Waals surface area (Å²) >= 11 is 6.02. The average molecular weight is 277 g/mol. The SMILES string of the molecule is COCOc1cccc(C(=O)c2ccccc2Cl)c1. The Balaban J connectivity index is 2.27. The van der Waals surface area contributed by atoms with Gasteiger partial charge in [-0.25, -0.2) is 0 Å². The van der Waals surface area contributed by atoms with E-state index in [0.29, 0.717) is 21.9 Å². The number of carbonyl (C=O) groups excluding carboxylic acids is 1. The van der Waals surface area contributed by atoms with Crippen LogP contribution in [0.25, 0.3) is 0 Å². The number of rotatable bonds is 5. The van der Waals surface area contributed by atoms with Crippen molar-refractivity contribution >= 4 is 17.4 Å². The Morgan fingerprint density at radius 2 is 1.95 bits per heavy atom. The molecular formula is C15H13ClO3. The normalized spacial score (nSPS) is 10.2. The van der Waals surface area contributed by atoms with Gasteiger partial charge in [0.15, 0.2) is 12.6 Å². The van der Waals surface area contributed by atoms with Crippen molar-refractivity contribution in [1.29, 1.82) is 0 Å². The molecule has 0 heterocycles. The first-order valence-electron chi connectivity index (χ1n) is 5.73. The maximum Gasteiger partial charge on any atom is 0.194 e. The largest absolute Gasteiger partial charge is 0.468 e. The molecule has 19 heavy (non-hydrogen) atoms. The second-order valence-electron chi connectivity index (χ2n) is 3.89. The van der Waals surface area contributed by atoms with Crippen LogP contribution >= 0.6 is 11.6 Å². The lowest BCUT2D eigenvalue weighted by molar-refractivity contribution is 0.0510. The van der Waals surface area contributed by atoms with Gasteiger partial charge in [0.25, 0.3) is 0 Å². The summed E-state index contributed by atoms with van der Waals surface area (Å²) < 4.78 is 10.1. The minimum atomic E-state index is -0.131. The Labute approximate surface area is 116 Å². The highest BCUT2D eigenvalue weighted by atomic mass is 35.5. The van der Waals surface area contributed by atoms with Crippen molar-refractivity contribution in [3.8, 4) is 5.75 Å². The van der Waals surface area contributed by atoms with Gasteiger partial charge < -0.3 is 9.47 Å². The summed E-state index contributed by atoms with van der Waals surface area (Å²) in [7, 11) is 1.54. The molecule has 0 atom stereocenters. The molecule has 0 N–H and O–H groups in total.